The van der Waals surface area contributed by atoms with Crippen LogP contribution in [0.2, 0.25) is 0 Å². The van der Waals surface area contributed by atoms with E-state index in [-0.39, 0.29) is 0 Å². The van der Waals surface area contributed by atoms with E-state index < -0.39 is 41.8 Å². The second-order valence-electron chi connectivity index (χ2n) is 2.92. The SMILES string of the molecule is Nc1cc(C(F)F)c(C(F)(F)F)nc1CO. The van der Waals surface area contributed by atoms with E-state index in [2.05, 4.69) is 4.98 Å². The Morgan fingerprint density at radius 3 is 2.31 bits per heavy atom. The summed E-state index contributed by atoms with van der Waals surface area (Å²) < 4.78 is 61.6. The average molecular weight is 242 g/mol. The van der Waals surface area contributed by atoms with E-state index in [1.165, 1.54) is 0 Å². The number of alkyl halides is 5. The van der Waals surface area contributed by atoms with Gasteiger partial charge in [0.05, 0.1) is 23.6 Å². The summed E-state index contributed by atoms with van der Waals surface area (Å²) in [6.07, 6.45) is -8.34. The maximum absolute atomic E-state index is 12.3. The van der Waals surface area contributed by atoms with E-state index in [1.807, 2.05) is 0 Å². The monoisotopic (exact) mass is 242 g/mol. The van der Waals surface area contributed by atoms with Crippen molar-refractivity contribution >= 4 is 5.69 Å². The van der Waals surface area contributed by atoms with Gasteiger partial charge in [-0.1, -0.05) is 0 Å². The van der Waals surface area contributed by atoms with E-state index >= 15 is 0 Å². The summed E-state index contributed by atoms with van der Waals surface area (Å²) in [5.74, 6) is 0. The Balaban J connectivity index is 3.43. The number of aliphatic hydroxyl groups excluding tert-OH is 1. The van der Waals surface area contributed by atoms with Crippen LogP contribution in [0.4, 0.5) is 27.6 Å². The largest absolute Gasteiger partial charge is 0.433 e. The van der Waals surface area contributed by atoms with E-state index in [0.29, 0.717) is 6.07 Å². The van der Waals surface area contributed by atoms with Crippen LogP contribution >= 0.6 is 0 Å². The molecule has 0 amide bonds. The van der Waals surface area contributed by atoms with Crippen LogP contribution in [-0.2, 0) is 12.8 Å². The zero-order valence-corrected chi connectivity index (χ0v) is 7.72. The van der Waals surface area contributed by atoms with Gasteiger partial charge in [0.1, 0.15) is 0 Å². The zero-order valence-electron chi connectivity index (χ0n) is 7.72. The Labute approximate surface area is 86.7 Å². The number of rotatable bonds is 2. The first-order valence-corrected chi connectivity index (χ1v) is 4.03. The molecule has 0 bridgehead atoms. The number of anilines is 1. The third-order valence-electron chi connectivity index (χ3n) is 1.82. The molecule has 8 heteroatoms. The molecular weight excluding hydrogens is 235 g/mol. The summed E-state index contributed by atoms with van der Waals surface area (Å²) in [6.45, 7) is -0.849. The van der Waals surface area contributed by atoms with E-state index in [9.17, 15) is 22.0 Å². The minimum atomic E-state index is -5.01. The van der Waals surface area contributed by atoms with Crippen molar-refractivity contribution < 1.29 is 27.1 Å². The quantitative estimate of drug-likeness (QED) is 0.781. The smallest absolute Gasteiger partial charge is 0.397 e. The molecule has 1 heterocycles. The van der Waals surface area contributed by atoms with Crippen molar-refractivity contribution in [3.8, 4) is 0 Å². The highest BCUT2D eigenvalue weighted by Gasteiger charge is 2.38. The number of halogens is 5. The summed E-state index contributed by atoms with van der Waals surface area (Å²) in [4.78, 5) is 2.90. The van der Waals surface area contributed by atoms with Crippen LogP contribution in [0, 0.1) is 0 Å². The lowest BCUT2D eigenvalue weighted by atomic mass is 10.1. The number of pyridine rings is 1. The van der Waals surface area contributed by atoms with E-state index in [1.54, 1.807) is 0 Å². The van der Waals surface area contributed by atoms with Crippen LogP contribution in [0.5, 0.6) is 0 Å². The van der Waals surface area contributed by atoms with Gasteiger partial charge in [0.2, 0.25) is 0 Å². The molecule has 0 fully saturated rings. The van der Waals surface area contributed by atoms with Crippen molar-refractivity contribution in [1.82, 2.24) is 4.98 Å². The van der Waals surface area contributed by atoms with Crippen molar-refractivity contribution in [2.24, 2.45) is 0 Å². The highest BCUT2D eigenvalue weighted by atomic mass is 19.4. The molecule has 0 atom stereocenters. The van der Waals surface area contributed by atoms with Gasteiger partial charge in [-0.25, -0.2) is 13.8 Å². The molecule has 1 aromatic rings. The predicted octanol–water partition coefficient (Wildman–Crippen LogP) is 2.11. The van der Waals surface area contributed by atoms with Crippen molar-refractivity contribution in [2.45, 2.75) is 19.2 Å². The average Bonchev–Trinajstić information content (AvgIpc) is 2.15. The first kappa shape index (κ1) is 12.6. The van der Waals surface area contributed by atoms with E-state index in [0.717, 1.165) is 0 Å². The van der Waals surface area contributed by atoms with Gasteiger partial charge < -0.3 is 10.8 Å². The lowest BCUT2D eigenvalue weighted by Gasteiger charge is -2.13. The highest BCUT2D eigenvalue weighted by Crippen LogP contribution is 2.36. The molecule has 16 heavy (non-hydrogen) atoms. The van der Waals surface area contributed by atoms with Crippen molar-refractivity contribution in [1.29, 1.82) is 0 Å². The van der Waals surface area contributed by atoms with Crippen LogP contribution < -0.4 is 5.73 Å². The van der Waals surface area contributed by atoms with Crippen LogP contribution in [0.1, 0.15) is 23.4 Å². The zero-order chi connectivity index (χ0) is 12.5. The van der Waals surface area contributed by atoms with Crippen molar-refractivity contribution in [2.75, 3.05) is 5.73 Å². The Morgan fingerprint density at radius 2 is 1.94 bits per heavy atom. The fourth-order valence-electron chi connectivity index (χ4n) is 1.10. The van der Waals surface area contributed by atoms with Gasteiger partial charge in [-0.15, -0.1) is 0 Å². The van der Waals surface area contributed by atoms with Gasteiger partial charge in [0.25, 0.3) is 6.43 Å². The molecule has 3 nitrogen and oxygen atoms in total. The summed E-state index contributed by atoms with van der Waals surface area (Å²) >= 11 is 0. The summed E-state index contributed by atoms with van der Waals surface area (Å²) in [5.41, 5.74) is 1.27. The maximum Gasteiger partial charge on any atom is 0.433 e. The topological polar surface area (TPSA) is 59.1 Å². The van der Waals surface area contributed by atoms with Crippen LogP contribution in [0.3, 0.4) is 0 Å². The molecule has 0 radical (unpaired) electrons. The van der Waals surface area contributed by atoms with Gasteiger partial charge in [0, 0.05) is 0 Å². The molecule has 0 saturated heterocycles. The van der Waals surface area contributed by atoms with Gasteiger partial charge in [0.15, 0.2) is 5.69 Å². The number of hydrogen-bond acceptors (Lipinski definition) is 3. The second-order valence-corrected chi connectivity index (χ2v) is 2.92. The van der Waals surface area contributed by atoms with Crippen LogP contribution in [-0.4, -0.2) is 10.1 Å². The third kappa shape index (κ3) is 2.38. The molecule has 1 rings (SSSR count). The molecule has 0 unspecified atom stereocenters. The fraction of sp³-hybridized carbons (Fsp3) is 0.375. The number of nitrogens with two attached hydrogens (primary N) is 1. The first-order chi connectivity index (χ1) is 7.27. The molecule has 0 aliphatic heterocycles. The standard InChI is InChI=1S/C8H7F5N2O/c9-7(10)3-1-4(14)5(2-16)15-6(3)8(11,12)13/h1,7,16H,2,14H2. The fourth-order valence-corrected chi connectivity index (χ4v) is 1.10. The molecular formula is C8H7F5N2O. The van der Waals surface area contributed by atoms with Crippen LogP contribution in [0.15, 0.2) is 6.07 Å². The summed E-state index contributed by atoms with van der Waals surface area (Å²) in [7, 11) is 0. The third-order valence-corrected chi connectivity index (χ3v) is 1.82. The molecule has 90 valence electrons. The highest BCUT2D eigenvalue weighted by molar-refractivity contribution is 5.47. The van der Waals surface area contributed by atoms with Crippen molar-refractivity contribution in [3.05, 3.63) is 23.0 Å². The Morgan fingerprint density at radius 1 is 1.38 bits per heavy atom. The Bertz CT molecular complexity index is 391. The molecule has 0 aliphatic rings. The molecule has 3 N–H and O–H groups in total. The Hall–Kier alpha value is -1.44. The van der Waals surface area contributed by atoms with Gasteiger partial charge in [-0.05, 0) is 6.07 Å². The molecule has 1 aromatic heterocycles. The van der Waals surface area contributed by atoms with Gasteiger partial charge in [-0.2, -0.15) is 13.2 Å². The van der Waals surface area contributed by atoms with E-state index in [4.69, 9.17) is 10.8 Å². The number of aromatic nitrogens is 1. The van der Waals surface area contributed by atoms with Crippen LogP contribution in [0.25, 0.3) is 0 Å². The van der Waals surface area contributed by atoms with Crippen molar-refractivity contribution in [3.63, 3.8) is 0 Å². The minimum absolute atomic E-state index is 0.397. The summed E-state index contributed by atoms with van der Waals surface area (Å²) in [6, 6.07) is 0.478. The van der Waals surface area contributed by atoms with Gasteiger partial charge in [-0.3, -0.25) is 0 Å². The Kier molecular flexibility index (Phi) is 3.32. The number of nitrogens with zero attached hydrogens (tertiary/aromatic N) is 1. The second kappa shape index (κ2) is 4.20. The molecule has 0 saturated carbocycles. The van der Waals surface area contributed by atoms with Gasteiger partial charge >= 0.3 is 6.18 Å². The number of nitrogen functional groups attached to an aromatic ring is 1. The maximum atomic E-state index is 12.3. The minimum Gasteiger partial charge on any atom is -0.397 e. The lowest BCUT2D eigenvalue weighted by molar-refractivity contribution is -0.143. The normalized spacial score (nSPS) is 12.2. The molecule has 0 spiro atoms. The number of aliphatic hydroxyl groups is 1. The lowest BCUT2D eigenvalue weighted by Crippen LogP contribution is -2.15. The molecule has 0 aromatic carbocycles. The molecule has 0 aliphatic carbocycles. The first-order valence-electron chi connectivity index (χ1n) is 4.03. The summed E-state index contributed by atoms with van der Waals surface area (Å²) in [5, 5.41) is 8.64. The number of hydrogen-bond donors (Lipinski definition) is 2. The predicted molar refractivity (Wildman–Crippen MR) is 44.5 cm³/mol.